The Balaban J connectivity index is 2.09. The molecule has 0 radical (unpaired) electrons. The molecule has 2 aromatic rings. The first-order valence-corrected chi connectivity index (χ1v) is 6.54. The molecule has 1 aromatic heterocycles. The van der Waals surface area contributed by atoms with E-state index in [2.05, 4.69) is 37.0 Å². The summed E-state index contributed by atoms with van der Waals surface area (Å²) in [5, 5.41) is 0. The zero-order chi connectivity index (χ0) is 12.3. The van der Waals surface area contributed by atoms with Crippen LogP contribution in [0.2, 0.25) is 0 Å². The number of thioether (sulfide) groups is 1. The van der Waals surface area contributed by atoms with Crippen LogP contribution in [-0.4, -0.2) is 4.98 Å². The summed E-state index contributed by atoms with van der Waals surface area (Å²) < 4.78 is 0. The minimum Gasteiger partial charge on any atom is -0.399 e. The molecule has 0 fully saturated rings. The van der Waals surface area contributed by atoms with E-state index in [0.29, 0.717) is 0 Å². The summed E-state index contributed by atoms with van der Waals surface area (Å²) in [7, 11) is 0. The Bertz CT molecular complexity index is 523. The van der Waals surface area contributed by atoms with Crippen LogP contribution in [0.3, 0.4) is 0 Å². The average molecular weight is 244 g/mol. The predicted molar refractivity (Wildman–Crippen MR) is 74.1 cm³/mol. The number of aromatic nitrogens is 1. The number of nitrogens with zero attached hydrogens (tertiary/aromatic N) is 1. The molecule has 0 saturated heterocycles. The first-order valence-electron chi connectivity index (χ1n) is 5.55. The molecule has 2 rings (SSSR count). The van der Waals surface area contributed by atoms with Crippen molar-refractivity contribution in [1.82, 2.24) is 4.98 Å². The van der Waals surface area contributed by atoms with Crippen molar-refractivity contribution < 1.29 is 0 Å². The second kappa shape index (κ2) is 5.23. The Morgan fingerprint density at radius 3 is 2.76 bits per heavy atom. The molecule has 88 valence electrons. The smallest absolute Gasteiger partial charge is 0.0526 e. The van der Waals surface area contributed by atoms with Crippen LogP contribution in [0.1, 0.15) is 16.8 Å². The Hall–Kier alpha value is -1.48. The van der Waals surface area contributed by atoms with Crippen LogP contribution in [0, 0.1) is 13.8 Å². The van der Waals surface area contributed by atoms with E-state index >= 15 is 0 Å². The highest BCUT2D eigenvalue weighted by atomic mass is 32.2. The van der Waals surface area contributed by atoms with Gasteiger partial charge in [-0.25, -0.2) is 0 Å². The zero-order valence-corrected chi connectivity index (χ0v) is 10.9. The van der Waals surface area contributed by atoms with Crippen LogP contribution in [0.4, 0.5) is 5.69 Å². The predicted octanol–water partition coefficient (Wildman–Crippen LogP) is 3.57. The van der Waals surface area contributed by atoms with Crippen molar-refractivity contribution in [2.45, 2.75) is 24.5 Å². The molecule has 0 saturated carbocycles. The van der Waals surface area contributed by atoms with Gasteiger partial charge in [0.05, 0.1) is 5.69 Å². The molecule has 0 unspecified atom stereocenters. The van der Waals surface area contributed by atoms with E-state index < -0.39 is 0 Å². The Morgan fingerprint density at radius 2 is 2.00 bits per heavy atom. The molecule has 0 spiro atoms. The van der Waals surface area contributed by atoms with Crippen LogP contribution >= 0.6 is 11.8 Å². The van der Waals surface area contributed by atoms with Gasteiger partial charge in [0.2, 0.25) is 0 Å². The van der Waals surface area contributed by atoms with E-state index in [1.807, 2.05) is 12.1 Å². The fourth-order valence-electron chi connectivity index (χ4n) is 1.59. The molecule has 0 atom stereocenters. The second-order valence-corrected chi connectivity index (χ2v) is 5.16. The summed E-state index contributed by atoms with van der Waals surface area (Å²) >= 11 is 1.80. The van der Waals surface area contributed by atoms with Gasteiger partial charge >= 0.3 is 0 Å². The fraction of sp³-hybridized carbons (Fsp3) is 0.214. The molecular formula is C14H16N2S. The first-order chi connectivity index (χ1) is 8.15. The molecular weight excluding hydrogens is 228 g/mol. The highest BCUT2D eigenvalue weighted by molar-refractivity contribution is 7.98. The summed E-state index contributed by atoms with van der Waals surface area (Å²) in [6.45, 7) is 4.25. The largest absolute Gasteiger partial charge is 0.399 e. The number of anilines is 1. The van der Waals surface area contributed by atoms with Gasteiger partial charge in [0.25, 0.3) is 0 Å². The van der Waals surface area contributed by atoms with Gasteiger partial charge in [0, 0.05) is 22.5 Å². The van der Waals surface area contributed by atoms with Crippen molar-refractivity contribution in [3.63, 3.8) is 0 Å². The molecule has 2 N–H and O–H groups in total. The molecule has 17 heavy (non-hydrogen) atoms. The summed E-state index contributed by atoms with van der Waals surface area (Å²) in [6.07, 6.45) is 1.76. The third-order valence-corrected chi connectivity index (χ3v) is 3.75. The molecule has 0 aliphatic heterocycles. The van der Waals surface area contributed by atoms with Gasteiger partial charge in [-0.3, -0.25) is 4.98 Å². The third-order valence-electron chi connectivity index (χ3n) is 2.56. The van der Waals surface area contributed by atoms with Crippen molar-refractivity contribution >= 4 is 17.4 Å². The maximum atomic E-state index is 5.73. The number of pyridine rings is 1. The summed E-state index contributed by atoms with van der Waals surface area (Å²) in [5.74, 6) is 0.856. The lowest BCUT2D eigenvalue weighted by Crippen LogP contribution is -1.91. The number of hydrogen-bond donors (Lipinski definition) is 1. The number of nitrogen functional groups attached to an aromatic ring is 1. The second-order valence-electron chi connectivity index (χ2n) is 4.14. The maximum absolute atomic E-state index is 5.73. The number of nitrogens with two attached hydrogens (primary N) is 1. The van der Waals surface area contributed by atoms with Crippen molar-refractivity contribution in [2.24, 2.45) is 0 Å². The lowest BCUT2D eigenvalue weighted by Gasteiger charge is -2.06. The average Bonchev–Trinajstić information content (AvgIpc) is 2.30. The van der Waals surface area contributed by atoms with Crippen molar-refractivity contribution in [2.75, 3.05) is 5.73 Å². The quantitative estimate of drug-likeness (QED) is 0.839. The standard InChI is InChI=1S/C14H16N2S/c1-10-3-4-11(2)14(7-10)17-9-13-8-12(15)5-6-16-13/h3-8H,9H2,1-2H3,(H2,15,16). The minimum absolute atomic E-state index is 0.775. The van der Waals surface area contributed by atoms with Gasteiger partial charge in [-0.2, -0.15) is 0 Å². The molecule has 1 heterocycles. The topological polar surface area (TPSA) is 38.9 Å². The highest BCUT2D eigenvalue weighted by Crippen LogP contribution is 2.26. The van der Waals surface area contributed by atoms with E-state index in [9.17, 15) is 0 Å². The van der Waals surface area contributed by atoms with E-state index in [1.165, 1.54) is 16.0 Å². The maximum Gasteiger partial charge on any atom is 0.0526 e. The molecule has 0 aliphatic rings. The first kappa shape index (κ1) is 12.0. The number of benzene rings is 1. The Labute approximate surface area is 106 Å². The molecule has 0 aliphatic carbocycles. The lowest BCUT2D eigenvalue weighted by atomic mass is 10.2. The zero-order valence-electron chi connectivity index (χ0n) is 10.1. The van der Waals surface area contributed by atoms with Crippen LogP contribution in [0.25, 0.3) is 0 Å². The van der Waals surface area contributed by atoms with Gasteiger partial charge in [-0.05, 0) is 37.6 Å². The highest BCUT2D eigenvalue weighted by Gasteiger charge is 2.01. The van der Waals surface area contributed by atoms with E-state index in [-0.39, 0.29) is 0 Å². The van der Waals surface area contributed by atoms with Crippen LogP contribution in [0.5, 0.6) is 0 Å². The number of hydrogen-bond acceptors (Lipinski definition) is 3. The number of aryl methyl sites for hydroxylation is 2. The van der Waals surface area contributed by atoms with Gasteiger partial charge in [-0.15, -0.1) is 11.8 Å². The minimum atomic E-state index is 0.775. The molecule has 1 aromatic carbocycles. The van der Waals surface area contributed by atoms with Gasteiger partial charge < -0.3 is 5.73 Å². The van der Waals surface area contributed by atoms with Crippen molar-refractivity contribution in [3.8, 4) is 0 Å². The monoisotopic (exact) mass is 244 g/mol. The normalized spacial score (nSPS) is 10.5. The van der Waals surface area contributed by atoms with E-state index in [1.54, 1.807) is 18.0 Å². The van der Waals surface area contributed by atoms with Gasteiger partial charge in [0.1, 0.15) is 0 Å². The Morgan fingerprint density at radius 1 is 1.18 bits per heavy atom. The Kier molecular flexibility index (Phi) is 3.69. The fourth-order valence-corrected chi connectivity index (χ4v) is 2.62. The van der Waals surface area contributed by atoms with Crippen molar-refractivity contribution in [1.29, 1.82) is 0 Å². The summed E-state index contributed by atoms with van der Waals surface area (Å²) in [4.78, 5) is 5.62. The van der Waals surface area contributed by atoms with E-state index in [4.69, 9.17) is 5.73 Å². The van der Waals surface area contributed by atoms with E-state index in [0.717, 1.165) is 17.1 Å². The summed E-state index contributed by atoms with van der Waals surface area (Å²) in [6, 6.07) is 10.2. The van der Waals surface area contributed by atoms with Crippen molar-refractivity contribution in [3.05, 3.63) is 53.3 Å². The molecule has 2 nitrogen and oxygen atoms in total. The van der Waals surface area contributed by atoms with Crippen LogP contribution in [0.15, 0.2) is 41.4 Å². The molecule has 0 bridgehead atoms. The summed E-state index contributed by atoms with van der Waals surface area (Å²) in [5.41, 5.74) is 10.1. The lowest BCUT2D eigenvalue weighted by molar-refractivity contribution is 1.17. The third kappa shape index (κ3) is 3.24. The van der Waals surface area contributed by atoms with Gasteiger partial charge in [0.15, 0.2) is 0 Å². The van der Waals surface area contributed by atoms with Crippen LogP contribution in [-0.2, 0) is 5.75 Å². The number of rotatable bonds is 3. The molecule has 0 amide bonds. The van der Waals surface area contributed by atoms with Crippen LogP contribution < -0.4 is 5.73 Å². The molecule has 3 heteroatoms. The SMILES string of the molecule is Cc1ccc(C)c(SCc2cc(N)ccn2)c1. The van der Waals surface area contributed by atoms with Gasteiger partial charge in [-0.1, -0.05) is 17.7 Å².